The number of rotatable bonds is 17. The minimum absolute atomic E-state index is 0.0550. The molecule has 2 saturated heterocycles. The van der Waals surface area contributed by atoms with Gasteiger partial charge in [0.1, 0.15) is 66.6 Å². The van der Waals surface area contributed by atoms with Crippen molar-refractivity contribution in [3.8, 4) is 11.5 Å². The smallest absolute Gasteiger partial charge is 0.238 e. The summed E-state index contributed by atoms with van der Waals surface area (Å²) in [5, 5.41) is 68.9. The number of benzene rings is 4. The van der Waals surface area contributed by atoms with Crippen molar-refractivity contribution in [1.82, 2.24) is 5.32 Å². The van der Waals surface area contributed by atoms with E-state index in [4.69, 9.17) is 34.2 Å². The molecule has 2 heterocycles. The highest BCUT2D eigenvalue weighted by Crippen LogP contribution is 2.32. The molecule has 0 aliphatic carbocycles. The number of hydrogen-bond acceptors (Lipinski definition) is 15. The van der Waals surface area contributed by atoms with Crippen LogP contribution in [0.2, 0.25) is 0 Å². The lowest BCUT2D eigenvalue weighted by molar-refractivity contribution is -0.357. The van der Waals surface area contributed by atoms with Gasteiger partial charge in [0.05, 0.1) is 39.0 Å². The van der Waals surface area contributed by atoms with Gasteiger partial charge in [0.25, 0.3) is 0 Å². The monoisotopic (exact) mass is 820 g/mol. The summed E-state index contributed by atoms with van der Waals surface area (Å²) in [6.07, 6.45) is -14.2. The summed E-state index contributed by atoms with van der Waals surface area (Å²) in [6.45, 7) is 0.398. The highest BCUT2D eigenvalue weighted by atomic mass is 16.7. The van der Waals surface area contributed by atoms with E-state index in [2.05, 4.69) is 5.32 Å². The largest absolute Gasteiger partial charge is 0.497 e. The summed E-state index contributed by atoms with van der Waals surface area (Å²) in [5.41, 5.74) is 8.50. The average Bonchev–Trinajstić information content (AvgIpc) is 3.26. The van der Waals surface area contributed by atoms with E-state index in [1.807, 2.05) is 73.7 Å². The van der Waals surface area contributed by atoms with Crippen LogP contribution in [0.15, 0.2) is 91.0 Å². The fourth-order valence-corrected chi connectivity index (χ4v) is 7.19. The first-order valence-electron chi connectivity index (χ1n) is 19.3. The van der Waals surface area contributed by atoms with Crippen LogP contribution in [-0.2, 0) is 41.6 Å². The van der Waals surface area contributed by atoms with E-state index < -0.39 is 92.6 Å². The Morgan fingerprint density at radius 1 is 0.780 bits per heavy atom. The third-order valence-corrected chi connectivity index (χ3v) is 10.8. The van der Waals surface area contributed by atoms with Crippen LogP contribution in [0.5, 0.6) is 11.5 Å². The third-order valence-electron chi connectivity index (χ3n) is 10.8. The van der Waals surface area contributed by atoms with Crippen molar-refractivity contribution in [2.45, 2.75) is 99.4 Å². The van der Waals surface area contributed by atoms with Crippen LogP contribution in [0.3, 0.4) is 0 Å². The molecule has 0 aromatic heterocycles. The number of aliphatic hydroxyl groups is 6. The SMILES string of the molecule is COc1ccc2cc(COC3C(OC4C(CO)OC(Oc5ccc(C[C@@H](C=O)NC(=O)[C@@H](N)C(C)c6ccccc6)cc5)C(O)C4O)OC(CO)C(O)C3O)ccc2c1. The van der Waals surface area contributed by atoms with E-state index in [0.29, 0.717) is 23.2 Å². The summed E-state index contributed by atoms with van der Waals surface area (Å²) in [5.74, 6) is 0.160. The number of ether oxygens (including phenoxy) is 6. The predicted molar refractivity (Wildman–Crippen MR) is 211 cm³/mol. The Morgan fingerprint density at radius 2 is 1.41 bits per heavy atom. The van der Waals surface area contributed by atoms with Crippen LogP contribution in [-0.4, -0.2) is 137 Å². The standard InChI is InChI=1S/C43H52N2O14/c1-23(26-6-4-3-5-7-26)34(44)41(53)45-29(19-46)17-24-9-13-30(14-10-24)56-42-38(52)37(51)39(33(21-48)58-42)59-43-40(36(50)35(49)32(20-47)57-43)55-22-25-8-11-28-18-31(54-2)15-12-27(28)16-25/h3-16,18-19,23,29,32-40,42-43,47-52H,17,20-22,44H2,1-2H3,(H,45,53)/t23?,29-,32?,33?,34-,35?,36?,37?,38?,39?,40?,42?,43?/m0/s1. The molecule has 0 radical (unpaired) electrons. The van der Waals surface area contributed by atoms with E-state index in [1.54, 1.807) is 31.4 Å². The zero-order valence-electron chi connectivity index (χ0n) is 32.6. The molecule has 2 fully saturated rings. The van der Waals surface area contributed by atoms with Crippen LogP contribution in [0, 0.1) is 0 Å². The molecule has 0 bridgehead atoms. The van der Waals surface area contributed by atoms with Gasteiger partial charge < -0.3 is 74.9 Å². The van der Waals surface area contributed by atoms with Gasteiger partial charge in [0.15, 0.2) is 6.29 Å². The maximum atomic E-state index is 12.9. The predicted octanol–water partition coefficient (Wildman–Crippen LogP) is 0.433. The van der Waals surface area contributed by atoms with Crippen LogP contribution >= 0.6 is 0 Å². The van der Waals surface area contributed by atoms with Gasteiger partial charge in [-0.05, 0) is 64.2 Å². The molecule has 59 heavy (non-hydrogen) atoms. The normalized spacial score (nSPS) is 28.6. The molecule has 1 amide bonds. The van der Waals surface area contributed by atoms with Crippen LogP contribution in [0.25, 0.3) is 10.8 Å². The molecule has 2 aliphatic rings. The topological polar surface area (TPSA) is 249 Å². The third kappa shape index (κ3) is 10.4. The number of amides is 1. The first-order chi connectivity index (χ1) is 28.4. The molecule has 2 aliphatic heterocycles. The Balaban J connectivity index is 1.07. The molecule has 6 rings (SSSR count). The number of carbonyl (C=O) groups excluding carboxylic acids is 2. The Morgan fingerprint density at radius 3 is 2.08 bits per heavy atom. The average molecular weight is 821 g/mol. The molecule has 318 valence electrons. The zero-order chi connectivity index (χ0) is 42.2. The molecular formula is C43H52N2O14. The summed E-state index contributed by atoms with van der Waals surface area (Å²) in [4.78, 5) is 24.8. The van der Waals surface area contributed by atoms with E-state index >= 15 is 0 Å². The number of hydrogen-bond donors (Lipinski definition) is 8. The molecule has 16 heteroatoms. The van der Waals surface area contributed by atoms with E-state index in [9.17, 15) is 40.2 Å². The van der Waals surface area contributed by atoms with Gasteiger partial charge in [-0.3, -0.25) is 4.79 Å². The first-order valence-corrected chi connectivity index (χ1v) is 19.3. The fourth-order valence-electron chi connectivity index (χ4n) is 7.19. The number of aldehydes is 1. The van der Waals surface area contributed by atoms with Crippen molar-refractivity contribution < 1.29 is 68.6 Å². The summed E-state index contributed by atoms with van der Waals surface area (Å²) in [7, 11) is 1.58. The van der Waals surface area contributed by atoms with Crippen molar-refractivity contribution in [2.24, 2.45) is 5.73 Å². The highest BCUT2D eigenvalue weighted by Gasteiger charge is 2.52. The lowest BCUT2D eigenvalue weighted by atomic mass is 9.93. The Labute approximate surface area is 341 Å². The van der Waals surface area contributed by atoms with E-state index in [1.165, 1.54) is 0 Å². The number of fused-ring (bicyclic) bond motifs is 1. The van der Waals surface area contributed by atoms with Crippen molar-refractivity contribution >= 4 is 23.0 Å². The number of nitrogens with one attached hydrogen (secondary N) is 1. The maximum absolute atomic E-state index is 12.9. The molecule has 9 N–H and O–H groups in total. The lowest BCUT2D eigenvalue weighted by Crippen LogP contribution is -2.65. The van der Waals surface area contributed by atoms with Gasteiger partial charge in [-0.25, -0.2) is 0 Å². The van der Waals surface area contributed by atoms with E-state index in [0.717, 1.165) is 16.3 Å². The van der Waals surface area contributed by atoms with Gasteiger partial charge in [-0.2, -0.15) is 0 Å². The van der Waals surface area contributed by atoms with Crippen molar-refractivity contribution in [3.63, 3.8) is 0 Å². The Hall–Kier alpha value is -4.56. The van der Waals surface area contributed by atoms with Crippen molar-refractivity contribution in [3.05, 3.63) is 108 Å². The Bertz CT molecular complexity index is 1970. The van der Waals surface area contributed by atoms with E-state index in [-0.39, 0.29) is 24.7 Å². The van der Waals surface area contributed by atoms with Gasteiger partial charge in [0, 0.05) is 5.92 Å². The fraction of sp³-hybridized carbons (Fsp3) is 0.442. The van der Waals surface area contributed by atoms with Gasteiger partial charge >= 0.3 is 0 Å². The second kappa shape index (κ2) is 20.1. The number of carbonyl (C=O) groups is 2. The molecule has 13 atom stereocenters. The molecule has 4 aromatic rings. The lowest BCUT2D eigenvalue weighted by Gasteiger charge is -2.46. The van der Waals surface area contributed by atoms with Crippen LogP contribution < -0.4 is 20.5 Å². The maximum Gasteiger partial charge on any atom is 0.238 e. The summed E-state index contributed by atoms with van der Waals surface area (Å²) < 4.78 is 34.9. The molecule has 0 saturated carbocycles. The second-order valence-corrected chi connectivity index (χ2v) is 14.8. The van der Waals surface area contributed by atoms with Gasteiger partial charge in [-0.15, -0.1) is 0 Å². The molecule has 16 nitrogen and oxygen atoms in total. The quantitative estimate of drug-likeness (QED) is 0.0674. The zero-order valence-corrected chi connectivity index (χ0v) is 32.6. The summed E-state index contributed by atoms with van der Waals surface area (Å²) >= 11 is 0. The van der Waals surface area contributed by atoms with Crippen LogP contribution in [0.4, 0.5) is 0 Å². The molecular weight excluding hydrogens is 768 g/mol. The molecule has 11 unspecified atom stereocenters. The van der Waals surface area contributed by atoms with Gasteiger partial charge in [-0.1, -0.05) is 67.6 Å². The van der Waals surface area contributed by atoms with Crippen molar-refractivity contribution in [1.29, 1.82) is 0 Å². The number of aliphatic hydroxyl groups excluding tert-OH is 6. The highest BCUT2D eigenvalue weighted by molar-refractivity contribution is 5.85. The molecule has 0 spiro atoms. The first kappa shape index (κ1) is 44.0. The summed E-state index contributed by atoms with van der Waals surface area (Å²) in [6, 6.07) is 25.2. The minimum Gasteiger partial charge on any atom is -0.497 e. The van der Waals surface area contributed by atoms with Gasteiger partial charge in [0.2, 0.25) is 12.2 Å². The van der Waals surface area contributed by atoms with Crippen LogP contribution in [0.1, 0.15) is 29.5 Å². The molecule has 4 aromatic carbocycles. The van der Waals surface area contributed by atoms with Crippen molar-refractivity contribution in [2.75, 3.05) is 20.3 Å². The number of nitrogens with two attached hydrogens (primary N) is 1. The number of methoxy groups -OCH3 is 1. The minimum atomic E-state index is -1.73. The Kier molecular flexibility index (Phi) is 15.0. The second-order valence-electron chi connectivity index (χ2n) is 14.8.